The van der Waals surface area contributed by atoms with Crippen molar-refractivity contribution in [2.45, 2.75) is 44.8 Å². The lowest BCUT2D eigenvalue weighted by Crippen LogP contribution is -2.51. The fraction of sp³-hybridized carbons (Fsp3) is 0.917. The summed E-state index contributed by atoms with van der Waals surface area (Å²) < 4.78 is 5.08. The van der Waals surface area contributed by atoms with Gasteiger partial charge in [0.05, 0.1) is 25.3 Å². The number of hydrogen-bond acceptors (Lipinski definition) is 4. The molecule has 1 amide bonds. The second kappa shape index (κ2) is 7.63. The first-order valence-electron chi connectivity index (χ1n) is 6.58. The van der Waals surface area contributed by atoms with E-state index in [4.69, 9.17) is 4.74 Å². The smallest absolute Gasteiger partial charge is 0.236 e. The van der Waals surface area contributed by atoms with Gasteiger partial charge in [0.25, 0.3) is 0 Å². The minimum Gasteiger partial charge on any atom is -0.378 e. The molecule has 0 aromatic heterocycles. The van der Waals surface area contributed by atoms with Gasteiger partial charge in [-0.15, -0.1) is 0 Å². The summed E-state index contributed by atoms with van der Waals surface area (Å²) in [6.45, 7) is 6.58. The molecule has 0 aliphatic carbocycles. The molecular formula is C12H25N3O2. The third-order valence-corrected chi connectivity index (χ3v) is 3.09. The maximum absolute atomic E-state index is 11.4. The van der Waals surface area contributed by atoms with Crippen LogP contribution in [0.25, 0.3) is 0 Å². The maximum atomic E-state index is 11.4. The van der Waals surface area contributed by atoms with E-state index in [0.717, 1.165) is 32.6 Å². The number of nitrogens with one attached hydrogen (secondary N) is 3. The molecule has 0 aromatic carbocycles. The fourth-order valence-corrected chi connectivity index (χ4v) is 2.02. The first-order valence-corrected chi connectivity index (χ1v) is 6.58. The number of carbonyl (C=O) groups excluding carboxylic acids is 1. The van der Waals surface area contributed by atoms with Crippen LogP contribution in [0.3, 0.4) is 0 Å². The largest absolute Gasteiger partial charge is 0.378 e. The topological polar surface area (TPSA) is 62.4 Å². The second-order valence-electron chi connectivity index (χ2n) is 4.25. The van der Waals surface area contributed by atoms with Gasteiger partial charge in [0.2, 0.25) is 5.91 Å². The molecule has 3 N–H and O–H groups in total. The number of carbonyl (C=O) groups is 1. The monoisotopic (exact) mass is 243 g/mol. The summed E-state index contributed by atoms with van der Waals surface area (Å²) in [5, 5.41) is 9.42. The van der Waals surface area contributed by atoms with Gasteiger partial charge in [-0.25, -0.2) is 0 Å². The number of hydrogen-bond donors (Lipinski definition) is 3. The first kappa shape index (κ1) is 14.4. The molecule has 2 rings (SSSR count). The van der Waals surface area contributed by atoms with E-state index >= 15 is 0 Å². The number of amides is 1. The van der Waals surface area contributed by atoms with E-state index in [-0.39, 0.29) is 11.9 Å². The molecule has 2 aliphatic rings. The minimum absolute atomic E-state index is 0.000518. The SMILES string of the molecule is CC.CNC(=O)C1CCC(CNC2COC2)N1. The fourth-order valence-electron chi connectivity index (χ4n) is 2.02. The lowest BCUT2D eigenvalue weighted by atomic mass is 10.1. The van der Waals surface area contributed by atoms with Crippen molar-refractivity contribution in [2.75, 3.05) is 26.8 Å². The molecule has 2 saturated heterocycles. The van der Waals surface area contributed by atoms with Crippen molar-refractivity contribution in [3.8, 4) is 0 Å². The molecule has 5 heteroatoms. The highest BCUT2D eigenvalue weighted by Crippen LogP contribution is 2.12. The minimum atomic E-state index is -0.000518. The van der Waals surface area contributed by atoms with Crippen LogP contribution in [0.1, 0.15) is 26.7 Å². The molecule has 0 bridgehead atoms. The molecule has 2 atom stereocenters. The third-order valence-electron chi connectivity index (χ3n) is 3.09. The van der Waals surface area contributed by atoms with Crippen LogP contribution in [-0.4, -0.2) is 50.8 Å². The average molecular weight is 243 g/mol. The predicted molar refractivity (Wildman–Crippen MR) is 68.0 cm³/mol. The number of rotatable bonds is 4. The van der Waals surface area contributed by atoms with Crippen molar-refractivity contribution < 1.29 is 9.53 Å². The molecule has 5 nitrogen and oxygen atoms in total. The summed E-state index contributed by atoms with van der Waals surface area (Å²) in [7, 11) is 1.68. The van der Waals surface area contributed by atoms with Crippen LogP contribution >= 0.6 is 0 Å². The highest BCUT2D eigenvalue weighted by molar-refractivity contribution is 5.81. The zero-order chi connectivity index (χ0) is 12.7. The first-order chi connectivity index (χ1) is 8.29. The molecule has 2 aliphatic heterocycles. The van der Waals surface area contributed by atoms with Gasteiger partial charge >= 0.3 is 0 Å². The average Bonchev–Trinajstić information content (AvgIpc) is 2.77. The van der Waals surface area contributed by atoms with Crippen molar-refractivity contribution in [3.05, 3.63) is 0 Å². The van der Waals surface area contributed by atoms with Gasteiger partial charge in [0.15, 0.2) is 0 Å². The van der Waals surface area contributed by atoms with Gasteiger partial charge in [-0.05, 0) is 12.8 Å². The Kier molecular flexibility index (Phi) is 6.47. The molecule has 0 radical (unpaired) electrons. The highest BCUT2D eigenvalue weighted by Gasteiger charge is 2.29. The molecule has 0 aromatic rings. The van der Waals surface area contributed by atoms with Gasteiger partial charge in [0.1, 0.15) is 0 Å². The Morgan fingerprint density at radius 3 is 2.59 bits per heavy atom. The molecule has 2 unspecified atom stereocenters. The van der Waals surface area contributed by atoms with Crippen molar-refractivity contribution in [1.29, 1.82) is 0 Å². The van der Waals surface area contributed by atoms with Crippen molar-refractivity contribution in [2.24, 2.45) is 0 Å². The quantitative estimate of drug-likeness (QED) is 0.643. The Bertz CT molecular complexity index is 232. The van der Waals surface area contributed by atoms with Gasteiger partial charge in [-0.3, -0.25) is 4.79 Å². The molecule has 2 heterocycles. The maximum Gasteiger partial charge on any atom is 0.236 e. The zero-order valence-electron chi connectivity index (χ0n) is 11.1. The van der Waals surface area contributed by atoms with E-state index in [2.05, 4.69) is 16.0 Å². The lowest BCUT2D eigenvalue weighted by molar-refractivity contribution is -0.122. The second-order valence-corrected chi connectivity index (χ2v) is 4.25. The van der Waals surface area contributed by atoms with Gasteiger partial charge < -0.3 is 20.7 Å². The number of ether oxygens (including phenoxy) is 1. The van der Waals surface area contributed by atoms with Crippen LogP contribution in [0.15, 0.2) is 0 Å². The summed E-state index contributed by atoms with van der Waals surface area (Å²) in [6, 6.07) is 0.943. The molecule has 0 saturated carbocycles. The Morgan fingerprint density at radius 1 is 1.35 bits per heavy atom. The van der Waals surface area contributed by atoms with Crippen molar-refractivity contribution >= 4 is 5.91 Å². The Morgan fingerprint density at radius 2 is 2.06 bits per heavy atom. The van der Waals surface area contributed by atoms with Gasteiger partial charge in [-0.2, -0.15) is 0 Å². The van der Waals surface area contributed by atoms with Crippen LogP contribution in [0.2, 0.25) is 0 Å². The Labute approximate surface area is 104 Å². The van der Waals surface area contributed by atoms with Crippen LogP contribution < -0.4 is 16.0 Å². The van der Waals surface area contributed by atoms with Crippen LogP contribution in [0.5, 0.6) is 0 Å². The molecule has 17 heavy (non-hydrogen) atoms. The van der Waals surface area contributed by atoms with E-state index in [1.807, 2.05) is 13.8 Å². The molecule has 100 valence electrons. The number of likely N-dealkylation sites (N-methyl/N-ethyl adjacent to an activating group) is 1. The van der Waals surface area contributed by atoms with Crippen LogP contribution in [-0.2, 0) is 9.53 Å². The van der Waals surface area contributed by atoms with Crippen molar-refractivity contribution in [3.63, 3.8) is 0 Å². The summed E-state index contributed by atoms with van der Waals surface area (Å²) in [5.41, 5.74) is 0. The Hall–Kier alpha value is -0.650. The normalized spacial score (nSPS) is 27.9. The van der Waals surface area contributed by atoms with E-state index in [1.54, 1.807) is 7.05 Å². The summed E-state index contributed by atoms with van der Waals surface area (Å²) in [4.78, 5) is 11.4. The zero-order valence-corrected chi connectivity index (χ0v) is 11.1. The van der Waals surface area contributed by atoms with E-state index < -0.39 is 0 Å². The van der Waals surface area contributed by atoms with Gasteiger partial charge in [0, 0.05) is 19.6 Å². The molecule has 0 spiro atoms. The third kappa shape index (κ3) is 4.26. The lowest BCUT2D eigenvalue weighted by Gasteiger charge is -2.28. The Balaban J connectivity index is 0.000000686. The standard InChI is InChI=1S/C10H19N3O2.C2H6/c1-11-10(14)9-3-2-7(13-9)4-12-8-5-15-6-8;1-2/h7-9,12-13H,2-6H2,1H3,(H,11,14);1-2H3. The van der Waals surface area contributed by atoms with E-state index in [1.165, 1.54) is 0 Å². The van der Waals surface area contributed by atoms with Gasteiger partial charge in [-0.1, -0.05) is 13.8 Å². The molecule has 2 fully saturated rings. The molecular weight excluding hydrogens is 218 g/mol. The van der Waals surface area contributed by atoms with E-state index in [0.29, 0.717) is 12.1 Å². The highest BCUT2D eigenvalue weighted by atomic mass is 16.5. The van der Waals surface area contributed by atoms with E-state index in [9.17, 15) is 4.79 Å². The van der Waals surface area contributed by atoms with Crippen LogP contribution in [0.4, 0.5) is 0 Å². The van der Waals surface area contributed by atoms with Crippen molar-refractivity contribution in [1.82, 2.24) is 16.0 Å². The predicted octanol–water partition coefficient (Wildman–Crippen LogP) is -0.132. The summed E-state index contributed by atoms with van der Waals surface area (Å²) in [6.07, 6.45) is 2.01. The summed E-state index contributed by atoms with van der Waals surface area (Å²) in [5.74, 6) is 0.101. The van der Waals surface area contributed by atoms with Crippen LogP contribution in [0, 0.1) is 0 Å². The summed E-state index contributed by atoms with van der Waals surface area (Å²) >= 11 is 0.